The van der Waals surface area contributed by atoms with Gasteiger partial charge in [0.05, 0.1) is 15.6 Å². The molecule has 1 N–H and O–H groups in total. The number of nitrogens with one attached hydrogen (secondary N) is 1. The van der Waals surface area contributed by atoms with Crippen LogP contribution in [0.15, 0.2) is 83.8 Å². The summed E-state index contributed by atoms with van der Waals surface area (Å²) in [5, 5.41) is 3.00. The van der Waals surface area contributed by atoms with E-state index < -0.39 is 22.5 Å². The fourth-order valence-electron chi connectivity index (χ4n) is 3.82. The number of anilines is 2. The summed E-state index contributed by atoms with van der Waals surface area (Å²) < 4.78 is 27.7. The van der Waals surface area contributed by atoms with Crippen LogP contribution in [0.3, 0.4) is 0 Å². The number of sulfonamides is 1. The van der Waals surface area contributed by atoms with Crippen LogP contribution in [-0.4, -0.2) is 33.3 Å². The number of carbonyl (C=O) groups excluding carboxylic acids is 2. The monoisotopic (exact) mass is 497 g/mol. The lowest BCUT2D eigenvalue weighted by molar-refractivity contribution is -0.120. The zero-order valence-corrected chi connectivity index (χ0v) is 19.9. The van der Waals surface area contributed by atoms with Gasteiger partial charge >= 0.3 is 0 Å². The first-order chi connectivity index (χ1) is 16.4. The molecule has 0 spiro atoms. The van der Waals surface area contributed by atoms with Gasteiger partial charge in [0.15, 0.2) is 0 Å². The number of hydrogen-bond donors (Lipinski definition) is 1. The Labute approximate surface area is 204 Å². The quantitative estimate of drug-likeness (QED) is 0.510. The van der Waals surface area contributed by atoms with E-state index in [0.29, 0.717) is 13.0 Å². The first kappa shape index (κ1) is 23.8. The summed E-state index contributed by atoms with van der Waals surface area (Å²) >= 11 is 6.29. The molecular weight excluding hydrogens is 474 g/mol. The number of carbonyl (C=O) groups is 2. The Hall–Kier alpha value is -3.36. The van der Waals surface area contributed by atoms with Gasteiger partial charge in [-0.3, -0.25) is 13.9 Å². The lowest BCUT2D eigenvalue weighted by Crippen LogP contribution is -2.40. The highest BCUT2D eigenvalue weighted by Crippen LogP contribution is 2.30. The summed E-state index contributed by atoms with van der Waals surface area (Å²) in [6.45, 7) is 0.431. The highest BCUT2D eigenvalue weighted by Gasteiger charge is 2.28. The van der Waals surface area contributed by atoms with E-state index in [1.807, 2.05) is 24.3 Å². The highest BCUT2D eigenvalue weighted by atomic mass is 35.5. The van der Waals surface area contributed by atoms with Crippen LogP contribution < -0.4 is 14.5 Å². The maximum atomic E-state index is 13.4. The maximum absolute atomic E-state index is 13.4. The van der Waals surface area contributed by atoms with Crippen LogP contribution >= 0.6 is 11.6 Å². The fraction of sp³-hybridized carbons (Fsp3) is 0.200. The van der Waals surface area contributed by atoms with E-state index in [4.69, 9.17) is 11.6 Å². The molecule has 0 radical (unpaired) electrons. The van der Waals surface area contributed by atoms with E-state index >= 15 is 0 Å². The van der Waals surface area contributed by atoms with Gasteiger partial charge in [0.2, 0.25) is 11.8 Å². The first-order valence-electron chi connectivity index (χ1n) is 10.8. The summed E-state index contributed by atoms with van der Waals surface area (Å²) in [6.07, 6.45) is 1.36. The van der Waals surface area contributed by atoms with Crippen LogP contribution in [0.1, 0.15) is 18.4 Å². The van der Waals surface area contributed by atoms with Gasteiger partial charge in [-0.05, 0) is 48.4 Å². The molecule has 2 amide bonds. The smallest absolute Gasteiger partial charge is 0.264 e. The van der Waals surface area contributed by atoms with E-state index in [-0.39, 0.29) is 28.1 Å². The van der Waals surface area contributed by atoms with Crippen molar-refractivity contribution in [1.82, 2.24) is 5.32 Å². The third-order valence-corrected chi connectivity index (χ3v) is 7.62. The van der Waals surface area contributed by atoms with Crippen molar-refractivity contribution in [2.24, 2.45) is 0 Å². The molecule has 9 heteroatoms. The molecule has 1 saturated heterocycles. The van der Waals surface area contributed by atoms with Crippen LogP contribution in [0, 0.1) is 0 Å². The number of hydrogen-bond acceptors (Lipinski definition) is 4. The minimum Gasteiger partial charge on any atom is -0.350 e. The van der Waals surface area contributed by atoms with Crippen molar-refractivity contribution < 1.29 is 18.0 Å². The lowest BCUT2D eigenvalue weighted by Gasteiger charge is -2.25. The van der Waals surface area contributed by atoms with Crippen molar-refractivity contribution in [1.29, 1.82) is 0 Å². The lowest BCUT2D eigenvalue weighted by atomic mass is 10.2. The van der Waals surface area contributed by atoms with Crippen molar-refractivity contribution in [2.75, 3.05) is 22.3 Å². The van der Waals surface area contributed by atoms with Gasteiger partial charge in [0.1, 0.15) is 6.54 Å². The van der Waals surface area contributed by atoms with E-state index in [1.54, 1.807) is 47.4 Å². The molecule has 3 aromatic carbocycles. The van der Waals surface area contributed by atoms with Crippen LogP contribution in [-0.2, 0) is 26.2 Å². The Balaban J connectivity index is 1.52. The fourth-order valence-corrected chi connectivity index (χ4v) is 5.56. The maximum Gasteiger partial charge on any atom is 0.264 e. The SMILES string of the molecule is O=C(CN(c1ccccc1Cl)S(=O)(=O)c1ccccc1)NCc1cccc(N2CCCC2=O)c1. The van der Waals surface area contributed by atoms with E-state index in [1.165, 1.54) is 12.1 Å². The average molecular weight is 498 g/mol. The second-order valence-electron chi connectivity index (χ2n) is 7.87. The molecule has 0 aliphatic carbocycles. The standard InChI is InChI=1S/C25H24ClN3O4S/c26-22-12-4-5-13-23(22)29(34(32,33)21-10-2-1-3-11-21)18-24(30)27-17-19-8-6-9-20(16-19)28-15-7-14-25(28)31/h1-6,8-13,16H,7,14-15,17-18H2,(H,27,30). The Morgan fingerprint density at radius 3 is 2.44 bits per heavy atom. The number of rotatable bonds is 8. The van der Waals surface area contributed by atoms with Gasteiger partial charge in [-0.15, -0.1) is 0 Å². The average Bonchev–Trinajstić information content (AvgIpc) is 3.28. The van der Waals surface area contributed by atoms with Gasteiger partial charge < -0.3 is 10.2 Å². The zero-order valence-electron chi connectivity index (χ0n) is 18.4. The van der Waals surface area contributed by atoms with Gasteiger partial charge in [0, 0.05) is 25.2 Å². The molecule has 4 rings (SSSR count). The molecule has 1 aliphatic heterocycles. The van der Waals surface area contributed by atoms with Crippen LogP contribution in [0.25, 0.3) is 0 Å². The third kappa shape index (κ3) is 5.24. The Morgan fingerprint density at radius 1 is 1.00 bits per heavy atom. The molecule has 3 aromatic rings. The minimum absolute atomic E-state index is 0.0608. The van der Waals surface area contributed by atoms with Crippen LogP contribution in [0.4, 0.5) is 11.4 Å². The van der Waals surface area contributed by atoms with E-state index in [2.05, 4.69) is 5.32 Å². The molecule has 0 aromatic heterocycles. The number of halogens is 1. The van der Waals surface area contributed by atoms with Crippen molar-refractivity contribution in [2.45, 2.75) is 24.3 Å². The molecule has 1 fully saturated rings. The molecule has 7 nitrogen and oxygen atoms in total. The van der Waals surface area contributed by atoms with Crippen molar-refractivity contribution in [3.05, 3.63) is 89.4 Å². The Morgan fingerprint density at radius 2 is 1.74 bits per heavy atom. The predicted octanol–water partition coefficient (Wildman–Crippen LogP) is 3.98. The van der Waals surface area contributed by atoms with Gasteiger partial charge in [0.25, 0.3) is 10.0 Å². The summed E-state index contributed by atoms with van der Waals surface area (Å²) in [5.41, 5.74) is 1.82. The summed E-state index contributed by atoms with van der Waals surface area (Å²) in [5.74, 6) is -0.398. The minimum atomic E-state index is -4.03. The molecule has 0 atom stereocenters. The Kier molecular flexibility index (Phi) is 7.19. The van der Waals surface area contributed by atoms with Gasteiger partial charge in [-0.25, -0.2) is 8.42 Å². The first-order valence-corrected chi connectivity index (χ1v) is 12.7. The molecule has 34 heavy (non-hydrogen) atoms. The zero-order chi connectivity index (χ0) is 24.1. The largest absolute Gasteiger partial charge is 0.350 e. The summed E-state index contributed by atoms with van der Waals surface area (Å²) in [7, 11) is -4.03. The van der Waals surface area contributed by atoms with Crippen molar-refractivity contribution in [3.8, 4) is 0 Å². The van der Waals surface area contributed by atoms with Crippen molar-refractivity contribution in [3.63, 3.8) is 0 Å². The number of nitrogens with zero attached hydrogens (tertiary/aromatic N) is 2. The normalized spacial score (nSPS) is 13.7. The molecule has 1 heterocycles. The van der Waals surface area contributed by atoms with Crippen molar-refractivity contribution >= 4 is 44.8 Å². The number of amides is 2. The topological polar surface area (TPSA) is 86.8 Å². The van der Waals surface area contributed by atoms with Crippen LogP contribution in [0.5, 0.6) is 0 Å². The molecular formula is C25H24ClN3O4S. The second kappa shape index (κ2) is 10.3. The van der Waals surface area contributed by atoms with Crippen LogP contribution in [0.2, 0.25) is 5.02 Å². The van der Waals surface area contributed by atoms with E-state index in [9.17, 15) is 18.0 Å². The van der Waals surface area contributed by atoms with Gasteiger partial charge in [-0.1, -0.05) is 54.1 Å². The third-order valence-electron chi connectivity index (χ3n) is 5.52. The molecule has 1 aliphatic rings. The molecule has 0 bridgehead atoms. The van der Waals surface area contributed by atoms with E-state index in [0.717, 1.165) is 22.0 Å². The number of para-hydroxylation sites is 1. The van der Waals surface area contributed by atoms with Gasteiger partial charge in [-0.2, -0.15) is 0 Å². The highest BCUT2D eigenvalue weighted by molar-refractivity contribution is 7.92. The molecule has 0 unspecified atom stereocenters. The molecule has 176 valence electrons. The second-order valence-corrected chi connectivity index (χ2v) is 10.1. The summed E-state index contributed by atoms with van der Waals surface area (Å²) in [4.78, 5) is 26.7. The molecule has 0 saturated carbocycles. The Bertz CT molecular complexity index is 1300. The number of benzene rings is 3. The predicted molar refractivity (Wildman–Crippen MR) is 132 cm³/mol. The summed E-state index contributed by atoms with van der Waals surface area (Å²) in [6, 6.07) is 21.8.